The Labute approximate surface area is 118 Å². The van der Waals surface area contributed by atoms with Gasteiger partial charge in [-0.3, -0.25) is 4.79 Å². The molecule has 92 valence electrons. The van der Waals surface area contributed by atoms with E-state index < -0.39 is 0 Å². The van der Waals surface area contributed by atoms with Gasteiger partial charge in [-0.05, 0) is 46.1 Å². The molecule has 0 fully saturated rings. The van der Waals surface area contributed by atoms with Crippen molar-refractivity contribution in [1.82, 2.24) is 0 Å². The van der Waals surface area contributed by atoms with Crippen molar-refractivity contribution >= 4 is 38.9 Å². The SMILES string of the molecule is O=C(Cc1ccc(Br)s1)N1CCc2ccccc21. The maximum atomic E-state index is 12.3. The predicted octanol–water partition coefficient (Wildman–Crippen LogP) is 3.64. The molecule has 1 aliphatic heterocycles. The molecule has 0 aliphatic carbocycles. The number of amides is 1. The van der Waals surface area contributed by atoms with Crippen molar-refractivity contribution in [3.05, 3.63) is 50.6 Å². The van der Waals surface area contributed by atoms with Crippen LogP contribution < -0.4 is 4.90 Å². The molecule has 0 N–H and O–H groups in total. The summed E-state index contributed by atoms with van der Waals surface area (Å²) in [5.41, 5.74) is 2.36. The van der Waals surface area contributed by atoms with Crippen LogP contribution in [0.2, 0.25) is 0 Å². The first-order chi connectivity index (χ1) is 8.74. The average molecular weight is 322 g/mol. The van der Waals surface area contributed by atoms with Gasteiger partial charge in [0.15, 0.2) is 0 Å². The van der Waals surface area contributed by atoms with Crippen molar-refractivity contribution in [1.29, 1.82) is 0 Å². The quantitative estimate of drug-likeness (QED) is 0.827. The first kappa shape index (κ1) is 11.9. The zero-order valence-electron chi connectivity index (χ0n) is 9.73. The minimum atomic E-state index is 0.189. The Morgan fingerprint density at radius 3 is 2.89 bits per heavy atom. The zero-order valence-corrected chi connectivity index (χ0v) is 12.1. The molecule has 2 aromatic rings. The number of thiophene rings is 1. The lowest BCUT2D eigenvalue weighted by Crippen LogP contribution is -2.30. The van der Waals surface area contributed by atoms with E-state index in [1.807, 2.05) is 35.2 Å². The molecule has 0 bridgehead atoms. The van der Waals surface area contributed by atoms with E-state index in [0.29, 0.717) is 6.42 Å². The van der Waals surface area contributed by atoms with E-state index in [2.05, 4.69) is 22.0 Å². The van der Waals surface area contributed by atoms with Gasteiger partial charge in [-0.25, -0.2) is 0 Å². The summed E-state index contributed by atoms with van der Waals surface area (Å²) in [7, 11) is 0. The summed E-state index contributed by atoms with van der Waals surface area (Å²) in [5, 5.41) is 0. The lowest BCUT2D eigenvalue weighted by molar-refractivity contribution is -0.117. The van der Waals surface area contributed by atoms with Crippen LogP contribution in [0.5, 0.6) is 0 Å². The van der Waals surface area contributed by atoms with Gasteiger partial charge in [0.05, 0.1) is 10.2 Å². The van der Waals surface area contributed by atoms with Crippen molar-refractivity contribution in [2.45, 2.75) is 12.8 Å². The van der Waals surface area contributed by atoms with Gasteiger partial charge in [0.1, 0.15) is 0 Å². The van der Waals surface area contributed by atoms with Crippen LogP contribution >= 0.6 is 27.3 Å². The number of rotatable bonds is 2. The molecule has 0 saturated carbocycles. The number of anilines is 1. The fraction of sp³-hybridized carbons (Fsp3) is 0.214. The highest BCUT2D eigenvalue weighted by atomic mass is 79.9. The van der Waals surface area contributed by atoms with Gasteiger partial charge in [-0.15, -0.1) is 11.3 Å². The van der Waals surface area contributed by atoms with Crippen LogP contribution in [0.3, 0.4) is 0 Å². The highest BCUT2D eigenvalue weighted by molar-refractivity contribution is 9.11. The fourth-order valence-electron chi connectivity index (χ4n) is 2.29. The van der Waals surface area contributed by atoms with E-state index in [1.54, 1.807) is 11.3 Å². The summed E-state index contributed by atoms with van der Waals surface area (Å²) >= 11 is 5.05. The Balaban J connectivity index is 1.78. The van der Waals surface area contributed by atoms with E-state index in [4.69, 9.17) is 0 Å². The van der Waals surface area contributed by atoms with Crippen molar-refractivity contribution in [2.75, 3.05) is 11.4 Å². The lowest BCUT2D eigenvalue weighted by Gasteiger charge is -2.16. The standard InChI is InChI=1S/C14H12BrNOS/c15-13-6-5-11(18-13)9-14(17)16-8-7-10-3-1-2-4-12(10)16/h1-6H,7-9H2. The normalized spacial score (nSPS) is 13.7. The Morgan fingerprint density at radius 1 is 1.28 bits per heavy atom. The van der Waals surface area contributed by atoms with E-state index >= 15 is 0 Å². The van der Waals surface area contributed by atoms with Crippen molar-refractivity contribution in [3.63, 3.8) is 0 Å². The van der Waals surface area contributed by atoms with Crippen LogP contribution in [-0.4, -0.2) is 12.5 Å². The van der Waals surface area contributed by atoms with Crippen LogP contribution in [-0.2, 0) is 17.6 Å². The zero-order chi connectivity index (χ0) is 12.5. The molecule has 1 amide bonds. The predicted molar refractivity (Wildman–Crippen MR) is 78.2 cm³/mol. The summed E-state index contributed by atoms with van der Waals surface area (Å²) in [4.78, 5) is 15.3. The smallest absolute Gasteiger partial charge is 0.232 e. The van der Waals surface area contributed by atoms with E-state index in [1.165, 1.54) is 5.56 Å². The van der Waals surface area contributed by atoms with E-state index in [9.17, 15) is 4.79 Å². The largest absolute Gasteiger partial charge is 0.312 e. The second-order valence-electron chi connectivity index (χ2n) is 4.31. The first-order valence-corrected chi connectivity index (χ1v) is 7.47. The van der Waals surface area contributed by atoms with Gasteiger partial charge >= 0.3 is 0 Å². The van der Waals surface area contributed by atoms with Crippen LogP contribution in [0.15, 0.2) is 40.2 Å². The Hall–Kier alpha value is -1.13. The van der Waals surface area contributed by atoms with Crippen LogP contribution in [0, 0.1) is 0 Å². The monoisotopic (exact) mass is 321 g/mol. The number of para-hydroxylation sites is 1. The third-order valence-electron chi connectivity index (χ3n) is 3.14. The van der Waals surface area contributed by atoms with Gasteiger partial charge in [-0.1, -0.05) is 18.2 Å². The number of hydrogen-bond donors (Lipinski definition) is 0. The van der Waals surface area contributed by atoms with E-state index in [0.717, 1.165) is 27.3 Å². The summed E-state index contributed by atoms with van der Waals surface area (Å²) in [6, 6.07) is 12.2. The van der Waals surface area contributed by atoms with Crippen LogP contribution in [0.25, 0.3) is 0 Å². The number of hydrogen-bond acceptors (Lipinski definition) is 2. The Kier molecular flexibility index (Phi) is 3.22. The van der Waals surface area contributed by atoms with Gasteiger partial charge in [0.25, 0.3) is 0 Å². The third kappa shape index (κ3) is 2.22. The fourth-order valence-corrected chi connectivity index (χ4v) is 3.76. The second kappa shape index (κ2) is 4.86. The molecule has 0 spiro atoms. The van der Waals surface area contributed by atoms with Crippen LogP contribution in [0.4, 0.5) is 5.69 Å². The summed E-state index contributed by atoms with van der Waals surface area (Å²) in [6.45, 7) is 0.810. The van der Waals surface area contributed by atoms with Crippen LogP contribution in [0.1, 0.15) is 10.4 Å². The van der Waals surface area contributed by atoms with E-state index in [-0.39, 0.29) is 5.91 Å². The van der Waals surface area contributed by atoms with Gasteiger partial charge < -0.3 is 4.90 Å². The van der Waals surface area contributed by atoms with Crippen molar-refractivity contribution in [3.8, 4) is 0 Å². The molecule has 1 aromatic carbocycles. The highest BCUT2D eigenvalue weighted by Gasteiger charge is 2.24. The average Bonchev–Trinajstić information content (AvgIpc) is 2.95. The second-order valence-corrected chi connectivity index (χ2v) is 6.85. The maximum absolute atomic E-state index is 12.3. The Morgan fingerprint density at radius 2 is 2.11 bits per heavy atom. The topological polar surface area (TPSA) is 20.3 Å². The van der Waals surface area contributed by atoms with Gasteiger partial charge in [0, 0.05) is 17.1 Å². The molecular weight excluding hydrogens is 310 g/mol. The number of nitrogens with zero attached hydrogens (tertiary/aromatic N) is 1. The third-order valence-corrected chi connectivity index (χ3v) is 4.77. The van der Waals surface area contributed by atoms with Gasteiger partial charge in [0.2, 0.25) is 5.91 Å². The number of carbonyl (C=O) groups is 1. The number of halogens is 1. The molecule has 2 heterocycles. The molecule has 18 heavy (non-hydrogen) atoms. The number of benzene rings is 1. The summed E-state index contributed by atoms with van der Waals surface area (Å²) in [5.74, 6) is 0.189. The highest BCUT2D eigenvalue weighted by Crippen LogP contribution is 2.29. The molecule has 2 nitrogen and oxygen atoms in total. The first-order valence-electron chi connectivity index (χ1n) is 5.86. The number of fused-ring (bicyclic) bond motifs is 1. The van der Waals surface area contributed by atoms with Crippen molar-refractivity contribution in [2.24, 2.45) is 0 Å². The summed E-state index contributed by atoms with van der Waals surface area (Å²) < 4.78 is 1.08. The molecule has 1 aliphatic rings. The molecule has 1 aromatic heterocycles. The number of carbonyl (C=O) groups excluding carboxylic acids is 1. The molecule has 4 heteroatoms. The molecule has 0 atom stereocenters. The minimum absolute atomic E-state index is 0.189. The van der Waals surface area contributed by atoms with Crippen molar-refractivity contribution < 1.29 is 4.79 Å². The molecule has 0 radical (unpaired) electrons. The van der Waals surface area contributed by atoms with Gasteiger partial charge in [-0.2, -0.15) is 0 Å². The molecule has 0 saturated heterocycles. The minimum Gasteiger partial charge on any atom is -0.312 e. The summed E-state index contributed by atoms with van der Waals surface area (Å²) in [6.07, 6.45) is 1.46. The molecular formula is C14H12BrNOS. The maximum Gasteiger partial charge on any atom is 0.232 e. The Bertz CT molecular complexity index is 593. The molecule has 3 rings (SSSR count). The molecule has 0 unspecified atom stereocenters. The lowest BCUT2D eigenvalue weighted by atomic mass is 10.2.